The number of aromatic nitrogens is 2. The minimum absolute atomic E-state index is 0.231. The van der Waals surface area contributed by atoms with E-state index in [1.165, 1.54) is 0 Å². The highest BCUT2D eigenvalue weighted by Crippen LogP contribution is 2.27. The third-order valence-corrected chi connectivity index (χ3v) is 3.88. The average Bonchev–Trinajstić information content (AvgIpc) is 2.39. The zero-order valence-corrected chi connectivity index (χ0v) is 13.2. The molecule has 0 aliphatic carbocycles. The number of hydrogen-bond acceptors (Lipinski definition) is 5. The van der Waals surface area contributed by atoms with Crippen molar-refractivity contribution in [3.63, 3.8) is 0 Å². The first-order valence-electron chi connectivity index (χ1n) is 6.96. The van der Waals surface area contributed by atoms with Gasteiger partial charge in [0.15, 0.2) is 0 Å². The molecule has 0 radical (unpaired) electrons. The molecule has 19 heavy (non-hydrogen) atoms. The molecular weight excluding hydrogens is 258 g/mol. The van der Waals surface area contributed by atoms with Crippen LogP contribution < -0.4 is 5.32 Å². The van der Waals surface area contributed by atoms with Crippen molar-refractivity contribution in [1.82, 2.24) is 9.97 Å². The second-order valence-corrected chi connectivity index (χ2v) is 5.95. The SMILES string of the molecule is CCCNc1nc(C(C)C)nc(SCCCO)c1C. The van der Waals surface area contributed by atoms with Crippen LogP contribution in [0.2, 0.25) is 0 Å². The van der Waals surface area contributed by atoms with Gasteiger partial charge < -0.3 is 10.4 Å². The molecule has 0 saturated carbocycles. The molecule has 4 nitrogen and oxygen atoms in total. The van der Waals surface area contributed by atoms with Crippen molar-refractivity contribution in [2.75, 3.05) is 24.2 Å². The molecule has 0 fully saturated rings. The van der Waals surface area contributed by atoms with Gasteiger partial charge in [-0.15, -0.1) is 11.8 Å². The van der Waals surface area contributed by atoms with Gasteiger partial charge in [-0.3, -0.25) is 0 Å². The van der Waals surface area contributed by atoms with Crippen LogP contribution >= 0.6 is 11.8 Å². The molecule has 0 bridgehead atoms. The van der Waals surface area contributed by atoms with E-state index in [1.807, 2.05) is 0 Å². The highest BCUT2D eigenvalue weighted by molar-refractivity contribution is 7.99. The van der Waals surface area contributed by atoms with Crippen LogP contribution in [0.3, 0.4) is 0 Å². The zero-order chi connectivity index (χ0) is 14.3. The number of anilines is 1. The molecule has 108 valence electrons. The highest BCUT2D eigenvalue weighted by Gasteiger charge is 2.13. The fraction of sp³-hybridized carbons (Fsp3) is 0.714. The van der Waals surface area contributed by atoms with Crippen molar-refractivity contribution in [3.8, 4) is 0 Å². The highest BCUT2D eigenvalue weighted by atomic mass is 32.2. The normalized spacial score (nSPS) is 11.1. The quantitative estimate of drug-likeness (QED) is 0.436. The third kappa shape index (κ3) is 4.99. The summed E-state index contributed by atoms with van der Waals surface area (Å²) >= 11 is 1.70. The van der Waals surface area contributed by atoms with E-state index in [0.29, 0.717) is 5.92 Å². The number of nitrogens with zero attached hydrogens (tertiary/aromatic N) is 2. The fourth-order valence-corrected chi connectivity index (χ4v) is 2.50. The van der Waals surface area contributed by atoms with Gasteiger partial charge in [0.05, 0.1) is 0 Å². The first-order chi connectivity index (χ1) is 9.10. The molecule has 0 aliphatic rings. The lowest BCUT2D eigenvalue weighted by atomic mass is 10.2. The minimum Gasteiger partial charge on any atom is -0.396 e. The third-order valence-electron chi connectivity index (χ3n) is 2.72. The van der Waals surface area contributed by atoms with Crippen molar-refractivity contribution in [1.29, 1.82) is 0 Å². The van der Waals surface area contributed by atoms with E-state index in [2.05, 4.69) is 43.0 Å². The van der Waals surface area contributed by atoms with E-state index in [9.17, 15) is 0 Å². The number of thioether (sulfide) groups is 1. The summed E-state index contributed by atoms with van der Waals surface area (Å²) in [5.41, 5.74) is 1.11. The van der Waals surface area contributed by atoms with Gasteiger partial charge in [-0.1, -0.05) is 20.8 Å². The molecule has 2 N–H and O–H groups in total. The molecule has 0 saturated heterocycles. The van der Waals surface area contributed by atoms with Crippen LogP contribution in [0, 0.1) is 6.92 Å². The van der Waals surface area contributed by atoms with Crippen molar-refractivity contribution in [3.05, 3.63) is 11.4 Å². The number of aliphatic hydroxyl groups excluding tert-OH is 1. The Kier molecular flexibility index (Phi) is 7.16. The predicted molar refractivity (Wildman–Crippen MR) is 82.1 cm³/mol. The number of aliphatic hydroxyl groups is 1. The summed E-state index contributed by atoms with van der Waals surface area (Å²) in [6, 6.07) is 0. The van der Waals surface area contributed by atoms with Gasteiger partial charge >= 0.3 is 0 Å². The number of nitrogens with one attached hydrogen (secondary N) is 1. The van der Waals surface area contributed by atoms with Gasteiger partial charge in [-0.25, -0.2) is 9.97 Å². The average molecular weight is 283 g/mol. The smallest absolute Gasteiger partial charge is 0.134 e. The van der Waals surface area contributed by atoms with Crippen LogP contribution in [-0.4, -0.2) is 34.0 Å². The Bertz CT molecular complexity index is 397. The molecule has 1 rings (SSSR count). The van der Waals surface area contributed by atoms with Crippen LogP contribution in [0.1, 0.15) is 50.9 Å². The van der Waals surface area contributed by atoms with Crippen molar-refractivity contribution in [2.45, 2.75) is 51.5 Å². The molecule has 0 atom stereocenters. The summed E-state index contributed by atoms with van der Waals surface area (Å²) in [6.07, 6.45) is 1.87. The molecule has 0 aromatic carbocycles. The van der Waals surface area contributed by atoms with E-state index in [1.54, 1.807) is 11.8 Å². The maximum Gasteiger partial charge on any atom is 0.134 e. The Balaban J connectivity index is 2.95. The predicted octanol–water partition coefficient (Wildman–Crippen LogP) is 3.20. The Hall–Kier alpha value is -0.810. The Morgan fingerprint density at radius 2 is 2.05 bits per heavy atom. The molecule has 0 spiro atoms. The molecule has 1 aromatic rings. The number of hydrogen-bond donors (Lipinski definition) is 2. The van der Waals surface area contributed by atoms with Crippen LogP contribution in [0.5, 0.6) is 0 Å². The zero-order valence-electron chi connectivity index (χ0n) is 12.4. The Morgan fingerprint density at radius 3 is 2.63 bits per heavy atom. The van der Waals surface area contributed by atoms with Crippen LogP contribution in [0.15, 0.2) is 5.03 Å². The summed E-state index contributed by atoms with van der Waals surface area (Å²) in [5, 5.41) is 13.3. The van der Waals surface area contributed by atoms with Crippen molar-refractivity contribution >= 4 is 17.6 Å². The Morgan fingerprint density at radius 1 is 1.32 bits per heavy atom. The lowest BCUT2D eigenvalue weighted by Gasteiger charge is -2.14. The summed E-state index contributed by atoms with van der Waals surface area (Å²) in [7, 11) is 0. The van der Waals surface area contributed by atoms with Gasteiger partial charge in [0, 0.05) is 30.4 Å². The van der Waals surface area contributed by atoms with Crippen LogP contribution in [0.25, 0.3) is 0 Å². The summed E-state index contributed by atoms with van der Waals surface area (Å²) in [5.74, 6) is 3.04. The summed E-state index contributed by atoms with van der Waals surface area (Å²) in [4.78, 5) is 9.26. The van der Waals surface area contributed by atoms with E-state index in [-0.39, 0.29) is 6.61 Å². The monoisotopic (exact) mass is 283 g/mol. The van der Waals surface area contributed by atoms with Crippen LogP contribution in [-0.2, 0) is 0 Å². The molecule has 5 heteroatoms. The van der Waals surface area contributed by atoms with Gasteiger partial charge in [0.25, 0.3) is 0 Å². The maximum absolute atomic E-state index is 8.87. The minimum atomic E-state index is 0.231. The van der Waals surface area contributed by atoms with E-state index in [0.717, 1.165) is 47.4 Å². The standard InChI is InChI=1S/C14H25N3OS/c1-5-7-15-13-11(4)14(19-9-6-8-18)17-12(16-13)10(2)3/h10,18H,5-9H2,1-4H3,(H,15,16,17). The second-order valence-electron chi connectivity index (χ2n) is 4.87. The molecule has 1 heterocycles. The maximum atomic E-state index is 8.87. The lowest BCUT2D eigenvalue weighted by molar-refractivity contribution is 0.296. The molecular formula is C14H25N3OS. The lowest BCUT2D eigenvalue weighted by Crippen LogP contribution is -2.09. The summed E-state index contributed by atoms with van der Waals surface area (Å²) < 4.78 is 0. The number of rotatable bonds is 8. The van der Waals surface area contributed by atoms with Gasteiger partial charge in [-0.2, -0.15) is 0 Å². The van der Waals surface area contributed by atoms with E-state index in [4.69, 9.17) is 5.11 Å². The first kappa shape index (κ1) is 16.2. The van der Waals surface area contributed by atoms with Gasteiger partial charge in [0.2, 0.25) is 0 Å². The van der Waals surface area contributed by atoms with E-state index >= 15 is 0 Å². The Labute approximate surface area is 120 Å². The molecule has 0 unspecified atom stereocenters. The fourth-order valence-electron chi connectivity index (χ4n) is 1.56. The largest absolute Gasteiger partial charge is 0.396 e. The molecule has 0 amide bonds. The van der Waals surface area contributed by atoms with E-state index < -0.39 is 0 Å². The molecule has 0 aliphatic heterocycles. The summed E-state index contributed by atoms with van der Waals surface area (Å²) in [6.45, 7) is 9.57. The second kappa shape index (κ2) is 8.38. The van der Waals surface area contributed by atoms with Gasteiger partial charge in [0.1, 0.15) is 16.7 Å². The first-order valence-corrected chi connectivity index (χ1v) is 7.94. The van der Waals surface area contributed by atoms with Crippen molar-refractivity contribution in [2.24, 2.45) is 0 Å². The molecule has 1 aromatic heterocycles. The topological polar surface area (TPSA) is 58.0 Å². The van der Waals surface area contributed by atoms with Crippen molar-refractivity contribution < 1.29 is 5.11 Å². The van der Waals surface area contributed by atoms with Gasteiger partial charge in [-0.05, 0) is 19.8 Å². The van der Waals surface area contributed by atoms with Crippen LogP contribution in [0.4, 0.5) is 5.82 Å².